The van der Waals surface area contributed by atoms with Crippen molar-refractivity contribution >= 4 is 0 Å². The maximum absolute atomic E-state index is 2.36. The Hall–Kier alpha value is 0. The predicted octanol–water partition coefficient (Wildman–Crippen LogP) is 18.8. The summed E-state index contributed by atoms with van der Waals surface area (Å²) in [6.07, 6.45) is 20.1. The van der Waals surface area contributed by atoms with E-state index in [2.05, 4.69) is 152 Å². The van der Waals surface area contributed by atoms with Crippen molar-refractivity contribution in [3.63, 3.8) is 0 Å². The van der Waals surface area contributed by atoms with Crippen LogP contribution in [0.3, 0.4) is 0 Å². The van der Waals surface area contributed by atoms with Gasteiger partial charge in [-0.3, -0.25) is 0 Å². The van der Waals surface area contributed by atoms with Crippen LogP contribution in [0.2, 0.25) is 0 Å². The molecule has 5 atom stereocenters. The molecule has 0 aromatic heterocycles. The van der Waals surface area contributed by atoms with Crippen LogP contribution < -0.4 is 0 Å². The highest BCUT2D eigenvalue weighted by Crippen LogP contribution is 2.19. The average Bonchev–Trinajstić information content (AvgIpc) is 3.04. The molecule has 0 spiro atoms. The highest BCUT2D eigenvalue weighted by molar-refractivity contribution is 4.58. The second kappa shape index (κ2) is 57.3. The molecule has 0 aliphatic carbocycles. The lowest BCUT2D eigenvalue weighted by Crippen LogP contribution is -2.05. The van der Waals surface area contributed by atoms with Gasteiger partial charge in [0.15, 0.2) is 0 Å². The van der Waals surface area contributed by atoms with Crippen molar-refractivity contribution in [1.29, 1.82) is 0 Å². The molecule has 292 valence electrons. The van der Waals surface area contributed by atoms with Gasteiger partial charge in [-0.2, -0.15) is 0 Å². The highest BCUT2D eigenvalue weighted by Gasteiger charge is 2.07. The third-order valence-electron chi connectivity index (χ3n) is 9.67. The predicted molar refractivity (Wildman–Crippen MR) is 229 cm³/mol. The molecular formula is C46H108. The Labute approximate surface area is 302 Å². The highest BCUT2D eigenvalue weighted by atomic mass is 14.1. The van der Waals surface area contributed by atoms with E-state index in [-0.39, 0.29) is 7.43 Å². The second-order valence-electron chi connectivity index (χ2n) is 15.1. The van der Waals surface area contributed by atoms with Crippen LogP contribution in [-0.4, -0.2) is 0 Å². The van der Waals surface area contributed by atoms with Gasteiger partial charge in [-0.05, 0) is 47.3 Å². The summed E-state index contributed by atoms with van der Waals surface area (Å²) in [5.74, 6) is 7.35. The summed E-state index contributed by atoms with van der Waals surface area (Å²) in [7, 11) is 0. The Morgan fingerprint density at radius 1 is 0.261 bits per heavy atom. The maximum atomic E-state index is 2.36. The van der Waals surface area contributed by atoms with Crippen molar-refractivity contribution in [2.75, 3.05) is 0 Å². The minimum Gasteiger partial charge on any atom is -0.0776 e. The molecule has 0 amide bonds. The Kier molecular flexibility index (Phi) is 80.3. The van der Waals surface area contributed by atoms with Gasteiger partial charge in [-0.15, -0.1) is 0 Å². The summed E-state index contributed by atoms with van der Waals surface area (Å²) in [6.45, 7) is 49.7. The third-order valence-corrected chi connectivity index (χ3v) is 9.67. The monoisotopic (exact) mass is 661 g/mol. The largest absolute Gasteiger partial charge is 0.0776 e. The standard InChI is InChI=1S/C9H20.C8H18.C7H16.2C6H14.C5H12.C4H10.CH4/c1-5-7-9(4)8(3)6-2;1-5-7(3)8(4)6-2;1-4-6-7(3)5-2;1-4-5-6(2)3;1-4-6(3)5-2;1-4-5(2)3;1-3-4-2;/h8-9H,5-7H2,1-4H3;7-8H,5-6H2,1-4H3;7H,4-6H2,1-3H3;2*6H,4-5H2,1-3H3;5H,4H2,1-3H3;3-4H2,1-2H3;1H4. The van der Waals surface area contributed by atoms with Gasteiger partial charge >= 0.3 is 0 Å². The Balaban J connectivity index is -0.0000000616. The van der Waals surface area contributed by atoms with E-state index in [0.717, 1.165) is 47.3 Å². The van der Waals surface area contributed by atoms with Crippen molar-refractivity contribution in [2.45, 2.75) is 256 Å². The number of unbranched alkanes of at least 4 members (excludes halogenated alkanes) is 1. The van der Waals surface area contributed by atoms with Crippen LogP contribution in [0.4, 0.5) is 0 Å². The summed E-state index contributed by atoms with van der Waals surface area (Å²) in [4.78, 5) is 0. The van der Waals surface area contributed by atoms with Crippen LogP contribution in [0.15, 0.2) is 0 Å². The minimum absolute atomic E-state index is 0. The molecule has 0 rings (SSSR count). The molecule has 0 bridgehead atoms. The summed E-state index contributed by atoms with van der Waals surface area (Å²) < 4.78 is 0. The third kappa shape index (κ3) is 79.4. The SMILES string of the molecule is C.CCC(C)C.CCC(C)C(C)CC.CCC(C)CC.CCCC.CCCC(C)C.CCCC(C)C(C)CC.CCCC(C)CC. The first-order valence-electron chi connectivity index (χ1n) is 21.0. The van der Waals surface area contributed by atoms with Gasteiger partial charge < -0.3 is 0 Å². The molecule has 0 fully saturated rings. The van der Waals surface area contributed by atoms with E-state index < -0.39 is 0 Å². The van der Waals surface area contributed by atoms with Crippen LogP contribution in [0.5, 0.6) is 0 Å². The molecule has 0 aromatic rings. The van der Waals surface area contributed by atoms with Gasteiger partial charge in [0.05, 0.1) is 0 Å². The molecule has 0 aliphatic rings. The van der Waals surface area contributed by atoms with Crippen molar-refractivity contribution < 1.29 is 0 Å². The Bertz CT molecular complexity index is 394. The van der Waals surface area contributed by atoms with Crippen molar-refractivity contribution in [1.82, 2.24) is 0 Å². The normalized spacial score (nSPS) is 13.0. The van der Waals surface area contributed by atoms with Crippen molar-refractivity contribution in [3.05, 3.63) is 0 Å². The fourth-order valence-electron chi connectivity index (χ4n) is 3.51. The van der Waals surface area contributed by atoms with Crippen molar-refractivity contribution in [3.8, 4) is 0 Å². The molecule has 0 heteroatoms. The zero-order valence-corrected chi connectivity index (χ0v) is 37.2. The zero-order valence-electron chi connectivity index (χ0n) is 37.2. The number of hydrogen-bond acceptors (Lipinski definition) is 0. The second-order valence-corrected chi connectivity index (χ2v) is 15.1. The number of rotatable bonds is 16. The molecule has 0 saturated heterocycles. The van der Waals surface area contributed by atoms with Gasteiger partial charge in [0.25, 0.3) is 0 Å². The first-order chi connectivity index (χ1) is 21.0. The fourth-order valence-corrected chi connectivity index (χ4v) is 3.51. The summed E-state index contributed by atoms with van der Waals surface area (Å²) in [5.41, 5.74) is 0. The van der Waals surface area contributed by atoms with Gasteiger partial charge in [-0.1, -0.05) is 256 Å². The van der Waals surface area contributed by atoms with Crippen LogP contribution in [0.25, 0.3) is 0 Å². The minimum atomic E-state index is 0. The lowest BCUT2D eigenvalue weighted by Gasteiger charge is -2.16. The smallest absolute Gasteiger partial charge is 0.0417 e. The molecule has 0 aromatic carbocycles. The van der Waals surface area contributed by atoms with Gasteiger partial charge in [0.2, 0.25) is 0 Å². The van der Waals surface area contributed by atoms with E-state index in [1.54, 1.807) is 0 Å². The lowest BCUT2D eigenvalue weighted by atomic mass is 9.90. The summed E-state index contributed by atoms with van der Waals surface area (Å²) in [6, 6.07) is 0. The molecule has 0 saturated carbocycles. The molecule has 0 nitrogen and oxygen atoms in total. The number of hydrogen-bond donors (Lipinski definition) is 0. The molecule has 0 radical (unpaired) electrons. The van der Waals surface area contributed by atoms with E-state index in [4.69, 9.17) is 0 Å². The average molecular weight is 661 g/mol. The maximum Gasteiger partial charge on any atom is -0.0417 e. The zero-order chi connectivity index (χ0) is 37.2. The van der Waals surface area contributed by atoms with Crippen LogP contribution in [-0.2, 0) is 0 Å². The molecule has 0 N–H and O–H groups in total. The first-order valence-corrected chi connectivity index (χ1v) is 21.0. The van der Waals surface area contributed by atoms with Gasteiger partial charge in [-0.25, -0.2) is 0 Å². The molecule has 0 aliphatic heterocycles. The first kappa shape index (κ1) is 64.5. The summed E-state index contributed by atoms with van der Waals surface area (Å²) in [5, 5.41) is 0. The quantitative estimate of drug-likeness (QED) is 0.154. The Morgan fingerprint density at radius 3 is 0.652 bits per heavy atom. The molecular weight excluding hydrogens is 553 g/mol. The van der Waals surface area contributed by atoms with Gasteiger partial charge in [0.1, 0.15) is 0 Å². The van der Waals surface area contributed by atoms with Crippen LogP contribution >= 0.6 is 0 Å². The molecule has 46 heavy (non-hydrogen) atoms. The van der Waals surface area contributed by atoms with E-state index in [9.17, 15) is 0 Å². The van der Waals surface area contributed by atoms with Crippen molar-refractivity contribution in [2.24, 2.45) is 47.3 Å². The Morgan fingerprint density at radius 2 is 0.543 bits per heavy atom. The molecule has 0 heterocycles. The van der Waals surface area contributed by atoms with Crippen LogP contribution in [0.1, 0.15) is 256 Å². The lowest BCUT2D eigenvalue weighted by molar-refractivity contribution is 0.352. The molecule has 5 unspecified atom stereocenters. The van der Waals surface area contributed by atoms with E-state index >= 15 is 0 Å². The topological polar surface area (TPSA) is 0 Å². The fraction of sp³-hybridized carbons (Fsp3) is 1.00. The summed E-state index contributed by atoms with van der Waals surface area (Å²) >= 11 is 0. The van der Waals surface area contributed by atoms with Crippen LogP contribution in [0, 0.1) is 47.3 Å². The van der Waals surface area contributed by atoms with Gasteiger partial charge in [0, 0.05) is 0 Å². The van der Waals surface area contributed by atoms with E-state index in [1.807, 2.05) is 0 Å². The van der Waals surface area contributed by atoms with E-state index in [0.29, 0.717) is 0 Å². The van der Waals surface area contributed by atoms with E-state index in [1.165, 1.54) is 96.3 Å².